The zero-order valence-corrected chi connectivity index (χ0v) is 18.3. The molecule has 0 unspecified atom stereocenters. The molecule has 3 aromatic rings. The van der Waals surface area contributed by atoms with Crippen LogP contribution < -0.4 is 5.32 Å². The molecule has 0 radical (unpaired) electrons. The van der Waals surface area contributed by atoms with Crippen molar-refractivity contribution >= 4 is 17.7 Å². The number of carbonyl (C=O) groups excluding carboxylic acids is 2. The quantitative estimate of drug-likeness (QED) is 0.619. The highest BCUT2D eigenvalue weighted by Crippen LogP contribution is 2.29. The van der Waals surface area contributed by atoms with E-state index in [2.05, 4.69) is 16.5 Å². The molecule has 2 aromatic heterocycles. The molecule has 1 amide bonds. The lowest BCUT2D eigenvalue weighted by Gasteiger charge is -2.13. The maximum absolute atomic E-state index is 12.6. The van der Waals surface area contributed by atoms with Crippen LogP contribution in [-0.4, -0.2) is 32.8 Å². The molecular weight excluding hydrogens is 394 g/mol. The van der Waals surface area contributed by atoms with Crippen molar-refractivity contribution in [2.24, 2.45) is 7.05 Å². The van der Waals surface area contributed by atoms with Gasteiger partial charge in [-0.3, -0.25) is 18.8 Å². The summed E-state index contributed by atoms with van der Waals surface area (Å²) in [6.07, 6.45) is 0.0425. The van der Waals surface area contributed by atoms with Gasteiger partial charge in [-0.05, 0) is 45.4 Å². The first-order valence-electron chi connectivity index (χ1n) is 9.86. The number of hydrogen-bond acceptors (Lipinski definition) is 5. The molecule has 0 spiro atoms. The highest BCUT2D eigenvalue weighted by atomic mass is 16.5. The van der Waals surface area contributed by atoms with Crippen molar-refractivity contribution in [1.29, 1.82) is 5.26 Å². The SMILES string of the molecule is Cc1nn(C)c(C)c1CC(=O)OCC(=O)Nc1c(C#N)c(C)c(C)n1-c1ccccc1. The van der Waals surface area contributed by atoms with E-state index >= 15 is 0 Å². The van der Waals surface area contributed by atoms with Gasteiger partial charge in [-0.15, -0.1) is 0 Å². The highest BCUT2D eigenvalue weighted by molar-refractivity contribution is 5.94. The van der Waals surface area contributed by atoms with Gasteiger partial charge in [0.1, 0.15) is 11.9 Å². The van der Waals surface area contributed by atoms with Gasteiger partial charge in [0, 0.05) is 29.7 Å². The number of ether oxygens (including phenoxy) is 1. The van der Waals surface area contributed by atoms with Crippen molar-refractivity contribution in [3.05, 3.63) is 64.1 Å². The highest BCUT2D eigenvalue weighted by Gasteiger charge is 2.21. The monoisotopic (exact) mass is 419 g/mol. The third kappa shape index (κ3) is 4.36. The van der Waals surface area contributed by atoms with E-state index < -0.39 is 18.5 Å². The average Bonchev–Trinajstić information content (AvgIpc) is 3.13. The number of anilines is 1. The van der Waals surface area contributed by atoms with Crippen LogP contribution in [0.1, 0.15) is 33.8 Å². The van der Waals surface area contributed by atoms with E-state index in [1.165, 1.54) is 0 Å². The van der Waals surface area contributed by atoms with Gasteiger partial charge in [0.25, 0.3) is 5.91 Å². The lowest BCUT2D eigenvalue weighted by Crippen LogP contribution is -2.23. The zero-order chi connectivity index (χ0) is 22.7. The summed E-state index contributed by atoms with van der Waals surface area (Å²) in [5.74, 6) is -0.663. The van der Waals surface area contributed by atoms with Crippen molar-refractivity contribution in [2.45, 2.75) is 34.1 Å². The number of rotatable bonds is 6. The maximum atomic E-state index is 12.6. The molecule has 0 aliphatic rings. The van der Waals surface area contributed by atoms with Gasteiger partial charge in [0.2, 0.25) is 0 Å². The Morgan fingerprint density at radius 2 is 1.81 bits per heavy atom. The topological polar surface area (TPSA) is 102 Å². The fourth-order valence-electron chi connectivity index (χ4n) is 3.54. The van der Waals surface area contributed by atoms with Crippen molar-refractivity contribution in [3.8, 4) is 11.8 Å². The van der Waals surface area contributed by atoms with Gasteiger partial charge in [-0.2, -0.15) is 10.4 Å². The maximum Gasteiger partial charge on any atom is 0.310 e. The summed E-state index contributed by atoms with van der Waals surface area (Å²) in [6.45, 7) is 6.98. The molecule has 0 saturated carbocycles. The van der Waals surface area contributed by atoms with E-state index in [-0.39, 0.29) is 6.42 Å². The molecule has 31 heavy (non-hydrogen) atoms. The van der Waals surface area contributed by atoms with E-state index in [1.54, 1.807) is 4.68 Å². The Kier molecular flexibility index (Phi) is 6.25. The molecule has 8 nitrogen and oxygen atoms in total. The Bertz CT molecular complexity index is 1180. The van der Waals surface area contributed by atoms with Crippen molar-refractivity contribution in [3.63, 3.8) is 0 Å². The molecule has 8 heteroatoms. The molecule has 0 bridgehead atoms. The first-order chi connectivity index (χ1) is 14.7. The van der Waals surface area contributed by atoms with Gasteiger partial charge in [0.05, 0.1) is 17.7 Å². The normalized spacial score (nSPS) is 10.6. The van der Waals surface area contributed by atoms with Crippen LogP contribution in [0.2, 0.25) is 0 Å². The summed E-state index contributed by atoms with van der Waals surface area (Å²) >= 11 is 0. The first-order valence-corrected chi connectivity index (χ1v) is 9.86. The molecule has 1 aromatic carbocycles. The third-order valence-electron chi connectivity index (χ3n) is 5.44. The van der Waals surface area contributed by atoms with Gasteiger partial charge in [-0.1, -0.05) is 18.2 Å². The summed E-state index contributed by atoms with van der Waals surface area (Å²) in [4.78, 5) is 24.8. The van der Waals surface area contributed by atoms with Crippen LogP contribution in [0.5, 0.6) is 0 Å². The third-order valence-corrected chi connectivity index (χ3v) is 5.44. The molecule has 3 rings (SSSR count). The minimum absolute atomic E-state index is 0.0425. The Morgan fingerprint density at radius 3 is 2.39 bits per heavy atom. The molecule has 2 heterocycles. The van der Waals surface area contributed by atoms with Crippen LogP contribution in [0.25, 0.3) is 5.69 Å². The van der Waals surface area contributed by atoms with Crippen molar-refractivity contribution in [1.82, 2.24) is 14.3 Å². The molecular formula is C23H25N5O3. The predicted octanol–water partition coefficient (Wildman–Crippen LogP) is 3.04. The minimum atomic E-state index is -0.515. The van der Waals surface area contributed by atoms with Crippen LogP contribution in [-0.2, 0) is 27.8 Å². The number of carbonyl (C=O) groups is 2. The number of aryl methyl sites for hydroxylation is 2. The standard InChI is InChI=1S/C23H25N5O3/c1-14-16(3)28(18-9-7-6-8-10-18)23(20(14)12-24)25-21(29)13-31-22(30)11-19-15(2)26-27(5)17(19)4/h6-10H,11,13H2,1-5H3,(H,25,29). The summed E-state index contributed by atoms with van der Waals surface area (Å²) in [5.41, 5.74) is 5.25. The number of aromatic nitrogens is 3. The second kappa shape index (κ2) is 8.88. The number of nitrogens with zero attached hydrogens (tertiary/aromatic N) is 4. The second-order valence-electron chi connectivity index (χ2n) is 7.38. The van der Waals surface area contributed by atoms with Crippen molar-refractivity contribution < 1.29 is 14.3 Å². The lowest BCUT2D eigenvalue weighted by molar-refractivity contribution is -0.146. The van der Waals surface area contributed by atoms with Gasteiger partial charge >= 0.3 is 5.97 Å². The molecule has 1 N–H and O–H groups in total. The zero-order valence-electron chi connectivity index (χ0n) is 18.3. The predicted molar refractivity (Wildman–Crippen MR) is 116 cm³/mol. The number of nitriles is 1. The lowest BCUT2D eigenvalue weighted by atomic mass is 10.1. The van der Waals surface area contributed by atoms with E-state index in [9.17, 15) is 14.9 Å². The van der Waals surface area contributed by atoms with Gasteiger partial charge in [0.15, 0.2) is 6.61 Å². The summed E-state index contributed by atoms with van der Waals surface area (Å²) in [5, 5.41) is 16.6. The second-order valence-corrected chi connectivity index (χ2v) is 7.38. The number of esters is 1. The van der Waals surface area contributed by atoms with E-state index in [0.29, 0.717) is 11.4 Å². The Labute approximate surface area is 181 Å². The Hall–Kier alpha value is -3.86. The summed E-state index contributed by atoms with van der Waals surface area (Å²) in [6, 6.07) is 11.6. The van der Waals surface area contributed by atoms with Crippen LogP contribution in [0, 0.1) is 39.0 Å². The summed E-state index contributed by atoms with van der Waals surface area (Å²) in [7, 11) is 1.81. The minimum Gasteiger partial charge on any atom is -0.455 e. The number of hydrogen-bond donors (Lipinski definition) is 1. The van der Waals surface area contributed by atoms with Crippen molar-refractivity contribution in [2.75, 3.05) is 11.9 Å². The average molecular weight is 419 g/mol. The summed E-state index contributed by atoms with van der Waals surface area (Å²) < 4.78 is 8.70. The number of benzene rings is 1. The number of amides is 1. The largest absolute Gasteiger partial charge is 0.455 e. The van der Waals surface area contributed by atoms with Crippen LogP contribution >= 0.6 is 0 Å². The smallest absolute Gasteiger partial charge is 0.310 e. The van der Waals surface area contributed by atoms with Gasteiger partial charge in [-0.25, -0.2) is 0 Å². The Balaban J connectivity index is 1.74. The van der Waals surface area contributed by atoms with E-state index in [0.717, 1.165) is 33.9 Å². The Morgan fingerprint density at radius 1 is 1.13 bits per heavy atom. The van der Waals surface area contributed by atoms with E-state index in [1.807, 2.05) is 69.6 Å². The molecule has 160 valence electrons. The molecule has 0 aliphatic carbocycles. The number of nitrogens with one attached hydrogen (secondary N) is 1. The molecule has 0 atom stereocenters. The molecule has 0 saturated heterocycles. The van der Waals surface area contributed by atoms with Crippen LogP contribution in [0.3, 0.4) is 0 Å². The fourth-order valence-corrected chi connectivity index (χ4v) is 3.54. The first kappa shape index (κ1) is 21.8. The molecule has 0 fully saturated rings. The van der Waals surface area contributed by atoms with Crippen LogP contribution in [0.15, 0.2) is 30.3 Å². The molecule has 0 aliphatic heterocycles. The van der Waals surface area contributed by atoms with Gasteiger partial charge < -0.3 is 10.1 Å². The van der Waals surface area contributed by atoms with Crippen LogP contribution in [0.4, 0.5) is 5.82 Å². The van der Waals surface area contributed by atoms with E-state index in [4.69, 9.17) is 4.74 Å². The number of para-hydroxylation sites is 1. The fraction of sp³-hybridized carbons (Fsp3) is 0.304.